The fraction of sp³-hybridized carbons (Fsp3) is 0.385. The minimum absolute atomic E-state index is 0.220. The fourth-order valence-corrected chi connectivity index (χ4v) is 2.62. The van der Waals surface area contributed by atoms with Gasteiger partial charge in [-0.05, 0) is 30.7 Å². The maximum Gasteiger partial charge on any atom is 0.347 e. The monoisotopic (exact) mass is 295 g/mol. The SMILES string of the molecule is CN1CCC/C1=N\C(=O)Nc1ccc(S(C)(=O)=O)cc1. The van der Waals surface area contributed by atoms with Crippen molar-refractivity contribution in [3.63, 3.8) is 0 Å². The zero-order valence-electron chi connectivity index (χ0n) is 11.5. The summed E-state index contributed by atoms with van der Waals surface area (Å²) in [5.41, 5.74) is 0.521. The number of carbonyl (C=O) groups excluding carboxylic acids is 1. The number of urea groups is 1. The molecule has 108 valence electrons. The largest absolute Gasteiger partial charge is 0.363 e. The van der Waals surface area contributed by atoms with E-state index in [0.29, 0.717) is 5.69 Å². The minimum Gasteiger partial charge on any atom is -0.363 e. The van der Waals surface area contributed by atoms with Crippen molar-refractivity contribution in [2.75, 3.05) is 25.2 Å². The van der Waals surface area contributed by atoms with E-state index in [1.165, 1.54) is 12.1 Å². The van der Waals surface area contributed by atoms with Crippen LogP contribution in [0.1, 0.15) is 12.8 Å². The average molecular weight is 295 g/mol. The first-order chi connectivity index (χ1) is 9.36. The molecule has 0 saturated carbocycles. The number of amides is 2. The van der Waals surface area contributed by atoms with Crippen molar-refractivity contribution in [3.8, 4) is 0 Å². The van der Waals surface area contributed by atoms with E-state index in [1.54, 1.807) is 12.1 Å². The first-order valence-electron chi connectivity index (χ1n) is 6.26. The molecule has 1 aliphatic rings. The second kappa shape index (κ2) is 5.62. The lowest BCUT2D eigenvalue weighted by Gasteiger charge is -2.10. The van der Waals surface area contributed by atoms with E-state index >= 15 is 0 Å². The molecule has 0 radical (unpaired) electrons. The van der Waals surface area contributed by atoms with Crippen LogP contribution in [0.5, 0.6) is 0 Å². The van der Waals surface area contributed by atoms with E-state index in [-0.39, 0.29) is 4.90 Å². The molecule has 0 atom stereocenters. The number of nitrogens with one attached hydrogen (secondary N) is 1. The van der Waals surface area contributed by atoms with Crippen molar-refractivity contribution < 1.29 is 13.2 Å². The molecule has 0 aliphatic carbocycles. The second-order valence-corrected chi connectivity index (χ2v) is 6.80. The lowest BCUT2D eigenvalue weighted by Crippen LogP contribution is -2.21. The number of hydrogen-bond acceptors (Lipinski definition) is 3. The van der Waals surface area contributed by atoms with E-state index < -0.39 is 15.9 Å². The van der Waals surface area contributed by atoms with Crippen LogP contribution in [0.15, 0.2) is 34.2 Å². The lowest BCUT2D eigenvalue weighted by atomic mass is 10.3. The van der Waals surface area contributed by atoms with Gasteiger partial charge in [-0.25, -0.2) is 13.2 Å². The molecular weight excluding hydrogens is 278 g/mol. The summed E-state index contributed by atoms with van der Waals surface area (Å²) in [6.45, 7) is 0.912. The molecule has 7 heteroatoms. The predicted molar refractivity (Wildman–Crippen MR) is 77.9 cm³/mol. The fourth-order valence-electron chi connectivity index (χ4n) is 1.99. The average Bonchev–Trinajstić information content (AvgIpc) is 2.74. The Morgan fingerprint density at radius 2 is 1.95 bits per heavy atom. The quantitative estimate of drug-likeness (QED) is 0.901. The molecule has 0 bridgehead atoms. The Kier molecular flexibility index (Phi) is 4.08. The normalized spacial score (nSPS) is 17.5. The molecule has 20 heavy (non-hydrogen) atoms. The molecule has 0 unspecified atom stereocenters. The van der Waals surface area contributed by atoms with Crippen LogP contribution < -0.4 is 5.32 Å². The van der Waals surface area contributed by atoms with E-state index in [0.717, 1.165) is 31.5 Å². The highest BCUT2D eigenvalue weighted by atomic mass is 32.2. The number of rotatable bonds is 2. The molecule has 1 N–H and O–H groups in total. The van der Waals surface area contributed by atoms with Crippen LogP contribution in [0, 0.1) is 0 Å². The lowest BCUT2D eigenvalue weighted by molar-refractivity contribution is 0.259. The molecular formula is C13H17N3O3S. The van der Waals surface area contributed by atoms with Gasteiger partial charge in [-0.15, -0.1) is 0 Å². The van der Waals surface area contributed by atoms with Crippen LogP contribution in [0.4, 0.5) is 10.5 Å². The van der Waals surface area contributed by atoms with Crippen molar-refractivity contribution in [2.24, 2.45) is 4.99 Å². The highest BCUT2D eigenvalue weighted by Gasteiger charge is 2.15. The Balaban J connectivity index is 2.05. The Bertz CT molecular complexity index is 635. The Morgan fingerprint density at radius 3 is 2.45 bits per heavy atom. The van der Waals surface area contributed by atoms with E-state index in [4.69, 9.17) is 0 Å². The Labute approximate surface area is 118 Å². The maximum atomic E-state index is 11.8. The van der Waals surface area contributed by atoms with E-state index in [9.17, 15) is 13.2 Å². The van der Waals surface area contributed by atoms with E-state index in [1.807, 2.05) is 11.9 Å². The summed E-state index contributed by atoms with van der Waals surface area (Å²) in [6.07, 6.45) is 2.95. The van der Waals surface area contributed by atoms with Crippen LogP contribution in [-0.4, -0.2) is 45.0 Å². The van der Waals surface area contributed by atoms with Gasteiger partial charge in [-0.3, -0.25) is 0 Å². The minimum atomic E-state index is -3.22. The van der Waals surface area contributed by atoms with Gasteiger partial charge in [0.1, 0.15) is 5.84 Å². The molecule has 6 nitrogen and oxygen atoms in total. The van der Waals surface area contributed by atoms with Gasteiger partial charge in [-0.2, -0.15) is 4.99 Å². The number of carbonyl (C=O) groups is 1. The highest BCUT2D eigenvalue weighted by Crippen LogP contribution is 2.14. The first kappa shape index (κ1) is 14.5. The highest BCUT2D eigenvalue weighted by molar-refractivity contribution is 7.90. The number of likely N-dealkylation sites (tertiary alicyclic amines) is 1. The van der Waals surface area contributed by atoms with Crippen LogP contribution in [0.3, 0.4) is 0 Å². The van der Waals surface area contributed by atoms with Crippen molar-refractivity contribution in [2.45, 2.75) is 17.7 Å². The van der Waals surface area contributed by atoms with Gasteiger partial charge >= 0.3 is 6.03 Å². The van der Waals surface area contributed by atoms with Crippen molar-refractivity contribution in [1.29, 1.82) is 0 Å². The number of aliphatic imine (C=N–C) groups is 1. The molecule has 2 rings (SSSR count). The third-order valence-corrected chi connectivity index (χ3v) is 4.23. The maximum absolute atomic E-state index is 11.8. The zero-order chi connectivity index (χ0) is 14.8. The Hall–Kier alpha value is -1.89. The third kappa shape index (κ3) is 3.57. The van der Waals surface area contributed by atoms with Crippen LogP contribution >= 0.6 is 0 Å². The number of amidine groups is 1. The molecule has 1 fully saturated rings. The molecule has 0 aromatic heterocycles. The van der Waals surface area contributed by atoms with Crippen LogP contribution in [0.2, 0.25) is 0 Å². The number of sulfone groups is 1. The Morgan fingerprint density at radius 1 is 1.30 bits per heavy atom. The number of benzene rings is 1. The van der Waals surface area contributed by atoms with Crippen LogP contribution in [0.25, 0.3) is 0 Å². The van der Waals surface area contributed by atoms with Gasteiger partial charge in [0, 0.05) is 32.0 Å². The molecule has 0 spiro atoms. The van der Waals surface area contributed by atoms with Gasteiger partial charge in [-0.1, -0.05) is 0 Å². The van der Waals surface area contributed by atoms with Gasteiger partial charge in [0.25, 0.3) is 0 Å². The number of hydrogen-bond donors (Lipinski definition) is 1. The molecule has 1 heterocycles. The van der Waals surface area contributed by atoms with Crippen molar-refractivity contribution in [1.82, 2.24) is 4.90 Å². The van der Waals surface area contributed by atoms with Crippen molar-refractivity contribution >= 4 is 27.4 Å². The van der Waals surface area contributed by atoms with E-state index in [2.05, 4.69) is 10.3 Å². The summed E-state index contributed by atoms with van der Waals surface area (Å²) < 4.78 is 22.6. The molecule has 1 aromatic carbocycles. The number of nitrogens with zero attached hydrogens (tertiary/aromatic N) is 2. The van der Waals surface area contributed by atoms with Gasteiger partial charge in [0.05, 0.1) is 4.90 Å². The summed E-state index contributed by atoms with van der Waals surface area (Å²) in [6, 6.07) is 5.57. The molecule has 1 aliphatic heterocycles. The first-order valence-corrected chi connectivity index (χ1v) is 8.15. The predicted octanol–water partition coefficient (Wildman–Crippen LogP) is 1.75. The molecule has 1 aromatic rings. The second-order valence-electron chi connectivity index (χ2n) is 4.78. The smallest absolute Gasteiger partial charge is 0.347 e. The van der Waals surface area contributed by atoms with Gasteiger partial charge in [0.2, 0.25) is 0 Å². The molecule has 2 amide bonds. The van der Waals surface area contributed by atoms with Crippen molar-refractivity contribution in [3.05, 3.63) is 24.3 Å². The third-order valence-electron chi connectivity index (χ3n) is 3.10. The summed E-state index contributed by atoms with van der Waals surface area (Å²) in [5.74, 6) is 0.773. The molecule has 1 saturated heterocycles. The summed E-state index contributed by atoms with van der Waals surface area (Å²) in [5, 5.41) is 2.62. The summed E-state index contributed by atoms with van der Waals surface area (Å²) in [7, 11) is -1.32. The summed E-state index contributed by atoms with van der Waals surface area (Å²) in [4.78, 5) is 17.9. The summed E-state index contributed by atoms with van der Waals surface area (Å²) >= 11 is 0. The standard InChI is InChI=1S/C13H17N3O3S/c1-16-9-3-4-12(16)15-13(17)14-10-5-7-11(8-6-10)20(2,18)19/h5-8H,3-4,9H2,1-2H3,(H,14,17)/b15-12+. The van der Waals surface area contributed by atoms with Gasteiger partial charge < -0.3 is 10.2 Å². The number of anilines is 1. The van der Waals surface area contributed by atoms with Crippen LogP contribution in [-0.2, 0) is 9.84 Å². The van der Waals surface area contributed by atoms with Gasteiger partial charge in [0.15, 0.2) is 9.84 Å². The zero-order valence-corrected chi connectivity index (χ0v) is 12.3. The topological polar surface area (TPSA) is 78.8 Å².